The van der Waals surface area contributed by atoms with Crippen LogP contribution in [0.25, 0.3) is 0 Å². The summed E-state index contributed by atoms with van der Waals surface area (Å²) in [5.41, 5.74) is 0.848. The van der Waals surface area contributed by atoms with Crippen molar-refractivity contribution in [2.45, 2.75) is 220 Å². The first-order valence-electron chi connectivity index (χ1n) is 27.6. The van der Waals surface area contributed by atoms with E-state index in [0.717, 1.165) is 135 Å². The van der Waals surface area contributed by atoms with Crippen molar-refractivity contribution in [2.24, 2.45) is 11.8 Å². The van der Waals surface area contributed by atoms with Crippen LogP contribution in [0.1, 0.15) is 241 Å². The second-order valence-electron chi connectivity index (χ2n) is 19.1. The Morgan fingerprint density at radius 1 is 0.412 bits per heavy atom. The van der Waals surface area contributed by atoms with Crippen molar-refractivity contribution in [3.8, 4) is 11.5 Å². The summed E-state index contributed by atoms with van der Waals surface area (Å²) in [7, 11) is 0. The Bertz CT molecular complexity index is 1450. The number of hydrogen-bond donors (Lipinski definition) is 1. The van der Waals surface area contributed by atoms with E-state index in [2.05, 4.69) is 32.6 Å². The van der Waals surface area contributed by atoms with E-state index in [9.17, 15) is 24.3 Å². The minimum absolute atomic E-state index is 0.0998. The summed E-state index contributed by atoms with van der Waals surface area (Å²) in [5.74, 6) is -0.439. The topological polar surface area (TPSA) is 129 Å². The predicted molar refractivity (Wildman–Crippen MR) is 276 cm³/mol. The minimum atomic E-state index is -0.399. The number of benzene rings is 2. The second-order valence-corrected chi connectivity index (χ2v) is 19.1. The molecular weight excluding hydrogens is 855 g/mol. The molecule has 0 amide bonds. The Hall–Kier alpha value is -3.76. The molecule has 10 heteroatoms. The third-order valence-electron chi connectivity index (χ3n) is 13.0. The van der Waals surface area contributed by atoms with Gasteiger partial charge in [0.05, 0.1) is 36.2 Å². The molecular formula is C58H95NO9. The molecule has 2 rings (SSSR count). The summed E-state index contributed by atoms with van der Waals surface area (Å²) in [6, 6.07) is 13.4. The zero-order valence-electron chi connectivity index (χ0n) is 43.4. The second kappa shape index (κ2) is 41.1. The number of hydrogen-bond acceptors (Lipinski definition) is 10. The van der Waals surface area contributed by atoms with E-state index in [1.165, 1.54) is 64.2 Å². The number of carbonyl (C=O) groups excluding carboxylic acids is 4. The Labute approximate surface area is 413 Å². The Morgan fingerprint density at radius 2 is 0.721 bits per heavy atom. The minimum Gasteiger partial charge on any atom is -0.462 e. The van der Waals surface area contributed by atoms with Crippen molar-refractivity contribution in [1.82, 2.24) is 4.90 Å². The zero-order valence-corrected chi connectivity index (χ0v) is 43.4. The van der Waals surface area contributed by atoms with Crippen LogP contribution in [-0.4, -0.2) is 73.3 Å². The van der Waals surface area contributed by atoms with Gasteiger partial charge in [0, 0.05) is 6.61 Å². The highest BCUT2D eigenvalue weighted by molar-refractivity contribution is 5.90. The number of aliphatic hydroxyl groups excluding tert-OH is 1. The van der Waals surface area contributed by atoms with Crippen LogP contribution in [0, 0.1) is 11.8 Å². The number of esters is 4. The van der Waals surface area contributed by atoms with Crippen molar-refractivity contribution in [3.05, 3.63) is 59.7 Å². The Morgan fingerprint density at radius 3 is 1.06 bits per heavy atom. The van der Waals surface area contributed by atoms with Gasteiger partial charge in [-0.3, -0.25) is 9.59 Å². The van der Waals surface area contributed by atoms with Gasteiger partial charge in [0.1, 0.15) is 11.5 Å². The van der Waals surface area contributed by atoms with Gasteiger partial charge in [-0.25, -0.2) is 9.59 Å². The van der Waals surface area contributed by atoms with Crippen LogP contribution in [0.3, 0.4) is 0 Å². The van der Waals surface area contributed by atoms with Crippen LogP contribution in [0.4, 0.5) is 0 Å². The van der Waals surface area contributed by atoms with E-state index in [4.69, 9.17) is 18.9 Å². The number of rotatable bonds is 44. The molecule has 2 atom stereocenters. The molecule has 10 nitrogen and oxygen atoms in total. The van der Waals surface area contributed by atoms with Gasteiger partial charge < -0.3 is 29.0 Å². The smallest absolute Gasteiger partial charge is 0.338 e. The number of aliphatic hydroxyl groups is 1. The average molecular weight is 950 g/mol. The molecule has 0 saturated heterocycles. The molecule has 2 aromatic carbocycles. The molecule has 0 bridgehead atoms. The molecule has 0 spiro atoms. The van der Waals surface area contributed by atoms with Crippen molar-refractivity contribution in [2.75, 3.05) is 39.5 Å². The van der Waals surface area contributed by atoms with E-state index >= 15 is 0 Å². The van der Waals surface area contributed by atoms with Crippen LogP contribution >= 0.6 is 0 Å². The average Bonchev–Trinajstić information content (AvgIpc) is 3.34. The van der Waals surface area contributed by atoms with Crippen molar-refractivity contribution in [1.29, 1.82) is 0 Å². The van der Waals surface area contributed by atoms with E-state index in [-0.39, 0.29) is 30.4 Å². The van der Waals surface area contributed by atoms with Crippen LogP contribution in [0.5, 0.6) is 11.5 Å². The highest BCUT2D eigenvalue weighted by atomic mass is 16.5. The number of unbranched alkanes of at least 4 members (excludes halogenated alkanes) is 19. The lowest BCUT2D eigenvalue weighted by molar-refractivity contribution is -0.140. The van der Waals surface area contributed by atoms with Gasteiger partial charge in [0.25, 0.3) is 0 Å². The fourth-order valence-corrected chi connectivity index (χ4v) is 8.61. The molecule has 1 unspecified atom stereocenters. The number of nitrogens with zero attached hydrogens (tertiary/aromatic N) is 1. The Balaban J connectivity index is 1.74. The highest BCUT2D eigenvalue weighted by Gasteiger charge is 2.22. The summed E-state index contributed by atoms with van der Waals surface area (Å²) < 4.78 is 22.8. The molecule has 0 aliphatic rings. The third kappa shape index (κ3) is 29.3. The first-order chi connectivity index (χ1) is 33.3. The van der Waals surface area contributed by atoms with Crippen molar-refractivity contribution >= 4 is 23.9 Å². The molecule has 0 aliphatic heterocycles. The van der Waals surface area contributed by atoms with E-state index < -0.39 is 11.9 Å². The fraction of sp³-hybridized carbons (Fsp3) is 0.724. The summed E-state index contributed by atoms with van der Waals surface area (Å²) in [6.45, 7) is 12.1. The highest BCUT2D eigenvalue weighted by Crippen LogP contribution is 2.25. The maximum absolute atomic E-state index is 13.2. The lowest BCUT2D eigenvalue weighted by atomic mass is 9.94. The van der Waals surface area contributed by atoms with Gasteiger partial charge in [-0.2, -0.15) is 0 Å². The fourth-order valence-electron chi connectivity index (χ4n) is 8.61. The molecule has 0 heterocycles. The SMILES string of the molecule is CCCCCCCCC(CCCCCC)C(=O)Oc1ccc(C(=O)OCCCCN(CCCCO)CCCCOC(=O)c2ccc(OC(=O)[C@@H](CCCCCC)CCCCCCCC)cc2)cc1. The lowest BCUT2D eigenvalue weighted by Gasteiger charge is -2.22. The van der Waals surface area contributed by atoms with Crippen molar-refractivity contribution < 1.29 is 43.2 Å². The molecule has 0 radical (unpaired) electrons. The molecule has 1 N–H and O–H groups in total. The summed E-state index contributed by atoms with van der Waals surface area (Å²) in [5, 5.41) is 9.35. The van der Waals surface area contributed by atoms with Gasteiger partial charge in [-0.1, -0.05) is 156 Å². The van der Waals surface area contributed by atoms with E-state index in [0.29, 0.717) is 48.7 Å². The molecule has 2 aromatic rings. The molecule has 0 saturated carbocycles. The van der Waals surface area contributed by atoms with Crippen LogP contribution in [0.2, 0.25) is 0 Å². The quantitative estimate of drug-likeness (QED) is 0.0389. The first-order valence-corrected chi connectivity index (χ1v) is 27.6. The maximum atomic E-state index is 13.2. The molecule has 386 valence electrons. The Kier molecular flexibility index (Phi) is 36.5. The zero-order chi connectivity index (χ0) is 49.3. The van der Waals surface area contributed by atoms with Crippen LogP contribution in [0.15, 0.2) is 48.5 Å². The summed E-state index contributed by atoms with van der Waals surface area (Å²) in [6.07, 6.45) is 31.5. The third-order valence-corrected chi connectivity index (χ3v) is 13.0. The van der Waals surface area contributed by atoms with Gasteiger partial charge >= 0.3 is 23.9 Å². The van der Waals surface area contributed by atoms with Gasteiger partial charge in [-0.15, -0.1) is 0 Å². The van der Waals surface area contributed by atoms with Gasteiger partial charge in [-0.05, 0) is 132 Å². The number of ether oxygens (including phenoxy) is 4. The van der Waals surface area contributed by atoms with Gasteiger partial charge in [0.2, 0.25) is 0 Å². The lowest BCUT2D eigenvalue weighted by Crippen LogP contribution is -2.28. The van der Waals surface area contributed by atoms with E-state index in [1.54, 1.807) is 48.5 Å². The van der Waals surface area contributed by atoms with Crippen LogP contribution in [-0.2, 0) is 19.1 Å². The monoisotopic (exact) mass is 950 g/mol. The molecule has 0 fully saturated rings. The molecule has 0 aromatic heterocycles. The normalized spacial score (nSPS) is 12.2. The van der Waals surface area contributed by atoms with E-state index in [1.807, 2.05) is 0 Å². The summed E-state index contributed by atoms with van der Waals surface area (Å²) in [4.78, 5) is 54.4. The summed E-state index contributed by atoms with van der Waals surface area (Å²) >= 11 is 0. The number of carbonyl (C=O) groups is 4. The first kappa shape index (κ1) is 60.4. The molecule has 68 heavy (non-hydrogen) atoms. The maximum Gasteiger partial charge on any atom is 0.338 e. The van der Waals surface area contributed by atoms with Crippen LogP contribution < -0.4 is 9.47 Å². The standard InChI is InChI=1S/C58H95NO9/c1-5-9-13-17-19-23-33-49(31-21-15-11-7-3)57(63)67-53-39-35-51(36-40-53)55(61)65-47-29-26-44-59(43-25-28-46-60)45-27-30-48-66-56(62)52-37-41-54(42-38-52)68-58(64)50(32-22-16-12-8-4)34-24-20-18-14-10-6-2/h35-42,49-50,60H,5-34,43-48H2,1-4H3/t49-,50?/m0/s1. The molecule has 0 aliphatic carbocycles. The predicted octanol–water partition coefficient (Wildman–Crippen LogP) is 14.8. The van der Waals surface area contributed by atoms with Crippen molar-refractivity contribution in [3.63, 3.8) is 0 Å². The van der Waals surface area contributed by atoms with Gasteiger partial charge in [0.15, 0.2) is 0 Å². The largest absolute Gasteiger partial charge is 0.462 e.